The highest BCUT2D eigenvalue weighted by molar-refractivity contribution is 6.69. The predicted octanol–water partition coefficient (Wildman–Crippen LogP) is 2.92. The van der Waals surface area contributed by atoms with E-state index < -0.39 is 8.32 Å². The van der Waals surface area contributed by atoms with E-state index in [1.165, 1.54) is 19.3 Å². The van der Waals surface area contributed by atoms with Gasteiger partial charge in [-0.2, -0.15) is 0 Å². The van der Waals surface area contributed by atoms with Crippen LogP contribution in [0.25, 0.3) is 0 Å². The van der Waals surface area contributed by atoms with Gasteiger partial charge in [-0.15, -0.1) is 0 Å². The summed E-state index contributed by atoms with van der Waals surface area (Å²) >= 11 is 0. The van der Waals surface area contributed by atoms with E-state index in [0.29, 0.717) is 6.79 Å². The molecule has 0 aliphatic heterocycles. The van der Waals surface area contributed by atoms with E-state index in [0.717, 1.165) is 6.61 Å². The van der Waals surface area contributed by atoms with E-state index in [-0.39, 0.29) is 0 Å². The molecule has 0 amide bonds. The Balaban J connectivity index is 1.95. The molecule has 0 saturated heterocycles. The summed E-state index contributed by atoms with van der Waals surface area (Å²) in [5.41, 5.74) is 1.55. The summed E-state index contributed by atoms with van der Waals surface area (Å²) in [6, 6.07) is 0. The van der Waals surface area contributed by atoms with Gasteiger partial charge >= 0.3 is 0 Å². The summed E-state index contributed by atoms with van der Waals surface area (Å²) in [7, 11) is -1.37. The molecule has 0 aromatic heterocycles. The van der Waals surface area contributed by atoms with Gasteiger partial charge in [-0.1, -0.05) is 11.6 Å². The second-order valence-electron chi connectivity index (χ2n) is 4.46. The van der Waals surface area contributed by atoms with Crippen LogP contribution in [0.5, 0.6) is 0 Å². The summed E-state index contributed by atoms with van der Waals surface area (Å²) in [4.78, 5) is 0. The molecule has 3 heteroatoms. The molecule has 0 radical (unpaired) electrons. The summed E-state index contributed by atoms with van der Waals surface area (Å²) in [5, 5.41) is 0. The Labute approximate surface area is 82.1 Å². The average Bonchev–Trinajstić information content (AvgIpc) is 1.90. The highest BCUT2D eigenvalue weighted by atomic mass is 28.4. The maximum absolute atomic E-state index is 5.55. The third-order valence-corrected chi connectivity index (χ3v) is 3.04. The van der Waals surface area contributed by atoms with Crippen molar-refractivity contribution in [3.8, 4) is 0 Å². The largest absolute Gasteiger partial charge is 0.395 e. The monoisotopic (exact) mass is 200 g/mol. The van der Waals surface area contributed by atoms with Crippen LogP contribution in [0.2, 0.25) is 19.6 Å². The van der Waals surface area contributed by atoms with Crippen molar-refractivity contribution in [1.82, 2.24) is 0 Å². The lowest BCUT2D eigenvalue weighted by Crippen LogP contribution is -2.26. The van der Waals surface area contributed by atoms with Crippen LogP contribution in [-0.2, 0) is 9.16 Å². The molecule has 0 atom stereocenters. The summed E-state index contributed by atoms with van der Waals surface area (Å²) < 4.78 is 10.9. The predicted molar refractivity (Wildman–Crippen MR) is 57.2 cm³/mol. The number of ether oxygens (including phenoxy) is 1. The maximum atomic E-state index is 5.55. The highest BCUT2D eigenvalue weighted by Crippen LogP contribution is 2.24. The van der Waals surface area contributed by atoms with Gasteiger partial charge in [0.15, 0.2) is 8.32 Å². The minimum Gasteiger partial charge on any atom is -0.395 e. The number of allylic oxidation sites excluding steroid dienone is 1. The van der Waals surface area contributed by atoms with E-state index in [9.17, 15) is 0 Å². The lowest BCUT2D eigenvalue weighted by Gasteiger charge is -2.18. The highest BCUT2D eigenvalue weighted by Gasteiger charge is 2.13. The molecule has 0 heterocycles. The summed E-state index contributed by atoms with van der Waals surface area (Å²) in [6.07, 6.45) is 6.10. The zero-order valence-corrected chi connectivity index (χ0v) is 9.93. The summed E-state index contributed by atoms with van der Waals surface area (Å²) in [5.74, 6) is 0. The van der Waals surface area contributed by atoms with Crippen molar-refractivity contribution in [3.05, 3.63) is 11.6 Å². The first-order valence-corrected chi connectivity index (χ1v) is 8.38. The smallest absolute Gasteiger partial charge is 0.186 e. The molecule has 0 spiro atoms. The molecule has 2 nitrogen and oxygen atoms in total. The topological polar surface area (TPSA) is 18.5 Å². The number of rotatable bonds is 5. The van der Waals surface area contributed by atoms with Crippen molar-refractivity contribution in [1.29, 1.82) is 0 Å². The Bertz CT molecular complexity index is 176. The van der Waals surface area contributed by atoms with Gasteiger partial charge in [0.2, 0.25) is 0 Å². The zero-order valence-electron chi connectivity index (χ0n) is 8.93. The quantitative estimate of drug-likeness (QED) is 0.294. The van der Waals surface area contributed by atoms with E-state index in [1.807, 2.05) is 0 Å². The molecule has 1 aliphatic carbocycles. The average molecular weight is 200 g/mol. The minimum absolute atomic E-state index is 0.458. The molecule has 1 saturated carbocycles. The molecule has 1 aliphatic rings. The van der Waals surface area contributed by atoms with Gasteiger partial charge in [-0.05, 0) is 38.9 Å². The van der Waals surface area contributed by atoms with E-state index in [1.54, 1.807) is 5.57 Å². The molecule has 13 heavy (non-hydrogen) atoms. The van der Waals surface area contributed by atoms with Gasteiger partial charge in [0.05, 0.1) is 6.61 Å². The van der Waals surface area contributed by atoms with Gasteiger partial charge in [0.1, 0.15) is 6.79 Å². The van der Waals surface area contributed by atoms with Gasteiger partial charge < -0.3 is 9.16 Å². The van der Waals surface area contributed by atoms with Crippen LogP contribution < -0.4 is 0 Å². The van der Waals surface area contributed by atoms with Gasteiger partial charge in [-0.25, -0.2) is 0 Å². The molecule has 0 aromatic carbocycles. The van der Waals surface area contributed by atoms with Crippen molar-refractivity contribution in [2.24, 2.45) is 0 Å². The third-order valence-electron chi connectivity index (χ3n) is 2.06. The van der Waals surface area contributed by atoms with Crippen LogP contribution in [0.1, 0.15) is 19.3 Å². The lowest BCUT2D eigenvalue weighted by atomic mass is 9.92. The fourth-order valence-corrected chi connectivity index (χ4v) is 1.47. The maximum Gasteiger partial charge on any atom is 0.186 e. The minimum atomic E-state index is -1.37. The molecular formula is C10H20O2Si. The molecule has 0 unspecified atom stereocenters. The van der Waals surface area contributed by atoms with Crippen molar-refractivity contribution < 1.29 is 9.16 Å². The molecule has 76 valence electrons. The number of hydrogen-bond donors (Lipinski definition) is 0. The SMILES string of the molecule is C[Si](C)(C)OCOCC=C1CCC1. The van der Waals surface area contributed by atoms with Gasteiger partial charge in [-0.3, -0.25) is 0 Å². The molecule has 0 bridgehead atoms. The Morgan fingerprint density at radius 3 is 2.46 bits per heavy atom. The molecular weight excluding hydrogens is 180 g/mol. The van der Waals surface area contributed by atoms with Crippen molar-refractivity contribution in [2.45, 2.75) is 38.9 Å². The summed E-state index contributed by atoms with van der Waals surface area (Å²) in [6.45, 7) is 7.68. The normalized spacial score (nSPS) is 17.0. The van der Waals surface area contributed by atoms with Crippen LogP contribution in [0, 0.1) is 0 Å². The lowest BCUT2D eigenvalue weighted by molar-refractivity contribution is 0.0252. The fourth-order valence-electron chi connectivity index (χ4n) is 1.03. The van der Waals surface area contributed by atoms with Crippen molar-refractivity contribution in [3.63, 3.8) is 0 Å². The van der Waals surface area contributed by atoms with Crippen LogP contribution in [0.4, 0.5) is 0 Å². The Hall–Kier alpha value is -0.123. The van der Waals surface area contributed by atoms with Crippen molar-refractivity contribution in [2.75, 3.05) is 13.4 Å². The van der Waals surface area contributed by atoms with E-state index >= 15 is 0 Å². The first-order valence-electron chi connectivity index (χ1n) is 4.97. The van der Waals surface area contributed by atoms with E-state index in [2.05, 4.69) is 25.7 Å². The van der Waals surface area contributed by atoms with Crippen molar-refractivity contribution >= 4 is 8.32 Å². The second kappa shape index (κ2) is 4.93. The zero-order chi connectivity index (χ0) is 9.73. The molecule has 0 aromatic rings. The first kappa shape index (κ1) is 11.0. The standard InChI is InChI=1S/C10H20O2Si/c1-13(2,3)12-9-11-8-7-10-5-4-6-10/h7H,4-6,8-9H2,1-3H3. The number of hydrogen-bond acceptors (Lipinski definition) is 2. The van der Waals surface area contributed by atoms with Gasteiger partial charge in [0, 0.05) is 0 Å². The van der Waals surface area contributed by atoms with Crippen LogP contribution in [0.3, 0.4) is 0 Å². The van der Waals surface area contributed by atoms with Crippen LogP contribution >= 0.6 is 0 Å². The third kappa shape index (κ3) is 5.24. The molecule has 0 N–H and O–H groups in total. The fraction of sp³-hybridized carbons (Fsp3) is 0.800. The Kier molecular flexibility index (Phi) is 4.16. The van der Waals surface area contributed by atoms with Gasteiger partial charge in [0.25, 0.3) is 0 Å². The molecule has 1 rings (SSSR count). The Morgan fingerprint density at radius 1 is 1.31 bits per heavy atom. The first-order chi connectivity index (χ1) is 6.08. The Morgan fingerprint density at radius 2 is 2.00 bits per heavy atom. The second-order valence-corrected chi connectivity index (χ2v) is 8.97. The molecule has 1 fully saturated rings. The van der Waals surface area contributed by atoms with Crippen LogP contribution in [0.15, 0.2) is 11.6 Å². The van der Waals surface area contributed by atoms with Crippen LogP contribution in [-0.4, -0.2) is 21.7 Å². The van der Waals surface area contributed by atoms with E-state index in [4.69, 9.17) is 9.16 Å².